The van der Waals surface area contributed by atoms with Crippen molar-refractivity contribution in [2.45, 2.75) is 31.6 Å². The van der Waals surface area contributed by atoms with Crippen molar-refractivity contribution in [2.75, 3.05) is 18.5 Å². The molecule has 1 aliphatic rings. The fourth-order valence-corrected chi connectivity index (χ4v) is 3.33. The molecular weight excluding hydrogens is 347 g/mol. The van der Waals surface area contributed by atoms with Gasteiger partial charge in [-0.2, -0.15) is 0 Å². The number of ether oxygens (including phenoxy) is 1. The molecule has 0 radical (unpaired) electrons. The predicted octanol–water partition coefficient (Wildman–Crippen LogP) is 3.40. The fourth-order valence-electron chi connectivity index (χ4n) is 3.33. The molecule has 2 N–H and O–H groups in total. The van der Waals surface area contributed by atoms with Crippen LogP contribution in [0.5, 0.6) is 5.75 Å². The first-order valence-electron chi connectivity index (χ1n) is 9.11. The lowest BCUT2D eigenvalue weighted by Gasteiger charge is -2.42. The first-order valence-corrected chi connectivity index (χ1v) is 9.11. The van der Waals surface area contributed by atoms with Crippen LogP contribution >= 0.6 is 0 Å². The molecular formula is C21H23FN2O3. The molecule has 142 valence electrons. The average molecular weight is 370 g/mol. The molecule has 27 heavy (non-hydrogen) atoms. The van der Waals surface area contributed by atoms with Gasteiger partial charge in [-0.15, -0.1) is 0 Å². The maximum atomic E-state index is 13.9. The SMILES string of the molecule is CCOc1ccc(NC(=O)C(=O)NCC2(c3ccccc3)CCC2)cc1F. The van der Waals surface area contributed by atoms with Gasteiger partial charge in [-0.25, -0.2) is 4.39 Å². The normalized spacial score (nSPS) is 14.7. The third-order valence-corrected chi connectivity index (χ3v) is 4.98. The van der Waals surface area contributed by atoms with Gasteiger partial charge >= 0.3 is 11.8 Å². The van der Waals surface area contributed by atoms with Crippen LogP contribution < -0.4 is 15.4 Å². The topological polar surface area (TPSA) is 67.4 Å². The molecule has 3 rings (SSSR count). The Morgan fingerprint density at radius 3 is 2.44 bits per heavy atom. The van der Waals surface area contributed by atoms with Gasteiger partial charge in [0.05, 0.1) is 6.61 Å². The van der Waals surface area contributed by atoms with Gasteiger partial charge in [-0.3, -0.25) is 9.59 Å². The summed E-state index contributed by atoms with van der Waals surface area (Å²) in [6.45, 7) is 2.50. The van der Waals surface area contributed by atoms with E-state index >= 15 is 0 Å². The number of anilines is 1. The van der Waals surface area contributed by atoms with Crippen LogP contribution in [0.1, 0.15) is 31.7 Å². The molecule has 1 aliphatic carbocycles. The van der Waals surface area contributed by atoms with Crippen molar-refractivity contribution in [1.29, 1.82) is 0 Å². The number of hydrogen-bond acceptors (Lipinski definition) is 3. The molecule has 2 aromatic rings. The maximum absolute atomic E-state index is 13.9. The molecule has 0 aromatic heterocycles. The molecule has 2 amide bonds. The summed E-state index contributed by atoms with van der Waals surface area (Å²) in [6, 6.07) is 14.1. The van der Waals surface area contributed by atoms with Crippen molar-refractivity contribution < 1.29 is 18.7 Å². The third kappa shape index (κ3) is 4.27. The van der Waals surface area contributed by atoms with Crippen molar-refractivity contribution in [3.63, 3.8) is 0 Å². The molecule has 0 atom stereocenters. The quantitative estimate of drug-likeness (QED) is 0.766. The molecule has 0 saturated heterocycles. The summed E-state index contributed by atoms with van der Waals surface area (Å²) in [6.07, 6.45) is 3.05. The molecule has 0 heterocycles. The molecule has 5 nitrogen and oxygen atoms in total. The van der Waals surface area contributed by atoms with Crippen molar-refractivity contribution >= 4 is 17.5 Å². The van der Waals surface area contributed by atoms with Gasteiger partial charge in [0.1, 0.15) is 0 Å². The van der Waals surface area contributed by atoms with Crippen LogP contribution in [-0.4, -0.2) is 25.0 Å². The zero-order chi connectivity index (χ0) is 19.3. The first kappa shape index (κ1) is 18.9. The van der Waals surface area contributed by atoms with Crippen molar-refractivity contribution in [2.24, 2.45) is 0 Å². The lowest BCUT2D eigenvalue weighted by Crippen LogP contribution is -2.48. The minimum absolute atomic E-state index is 0.106. The molecule has 0 bridgehead atoms. The molecule has 0 aliphatic heterocycles. The lowest BCUT2D eigenvalue weighted by atomic mass is 9.64. The third-order valence-electron chi connectivity index (χ3n) is 4.98. The van der Waals surface area contributed by atoms with Crippen LogP contribution in [0.25, 0.3) is 0 Å². The fraction of sp³-hybridized carbons (Fsp3) is 0.333. The van der Waals surface area contributed by atoms with Crippen LogP contribution in [0.3, 0.4) is 0 Å². The summed E-state index contributed by atoms with van der Waals surface area (Å²) < 4.78 is 19.0. The van der Waals surface area contributed by atoms with Crippen molar-refractivity contribution in [1.82, 2.24) is 5.32 Å². The Hall–Kier alpha value is -2.89. The smallest absolute Gasteiger partial charge is 0.313 e. The number of hydrogen-bond donors (Lipinski definition) is 2. The van der Waals surface area contributed by atoms with E-state index in [4.69, 9.17) is 4.74 Å². The van der Waals surface area contributed by atoms with Gasteiger partial charge in [-0.1, -0.05) is 36.8 Å². The second kappa shape index (κ2) is 8.20. The highest BCUT2D eigenvalue weighted by Crippen LogP contribution is 2.43. The van der Waals surface area contributed by atoms with Crippen LogP contribution in [0.15, 0.2) is 48.5 Å². The Morgan fingerprint density at radius 1 is 1.11 bits per heavy atom. The average Bonchev–Trinajstić information content (AvgIpc) is 2.64. The van der Waals surface area contributed by atoms with E-state index in [1.165, 1.54) is 17.7 Å². The number of carbonyl (C=O) groups excluding carboxylic acids is 2. The van der Waals surface area contributed by atoms with Crippen LogP contribution in [0.4, 0.5) is 10.1 Å². The summed E-state index contributed by atoms with van der Waals surface area (Å²) >= 11 is 0. The summed E-state index contributed by atoms with van der Waals surface area (Å²) in [4.78, 5) is 24.3. The second-order valence-electron chi connectivity index (χ2n) is 6.71. The monoisotopic (exact) mass is 370 g/mol. The van der Waals surface area contributed by atoms with Crippen LogP contribution in [0, 0.1) is 5.82 Å². The minimum atomic E-state index is -0.818. The van der Waals surface area contributed by atoms with E-state index in [1.54, 1.807) is 6.92 Å². The van der Waals surface area contributed by atoms with E-state index in [2.05, 4.69) is 10.6 Å². The number of nitrogens with one attached hydrogen (secondary N) is 2. The molecule has 1 saturated carbocycles. The molecule has 6 heteroatoms. The molecule has 2 aromatic carbocycles. The first-order chi connectivity index (χ1) is 13.0. The van der Waals surface area contributed by atoms with E-state index in [9.17, 15) is 14.0 Å². The lowest BCUT2D eigenvalue weighted by molar-refractivity contribution is -0.136. The highest BCUT2D eigenvalue weighted by Gasteiger charge is 2.39. The van der Waals surface area contributed by atoms with Gasteiger partial charge in [0.25, 0.3) is 0 Å². The number of halogens is 1. The molecule has 0 spiro atoms. The number of amides is 2. The Kier molecular flexibility index (Phi) is 5.74. The van der Waals surface area contributed by atoms with E-state index in [0.717, 1.165) is 25.3 Å². The second-order valence-corrected chi connectivity index (χ2v) is 6.71. The highest BCUT2D eigenvalue weighted by atomic mass is 19.1. The van der Waals surface area contributed by atoms with E-state index in [1.807, 2.05) is 30.3 Å². The molecule has 1 fully saturated rings. The van der Waals surface area contributed by atoms with Crippen LogP contribution in [-0.2, 0) is 15.0 Å². The maximum Gasteiger partial charge on any atom is 0.313 e. The van der Waals surface area contributed by atoms with Gasteiger partial charge in [0.2, 0.25) is 0 Å². The Morgan fingerprint density at radius 2 is 1.85 bits per heavy atom. The Balaban J connectivity index is 1.58. The Labute approximate surface area is 157 Å². The standard InChI is InChI=1S/C21H23FN2O3/c1-2-27-18-10-9-16(13-17(18)22)24-20(26)19(25)23-14-21(11-6-12-21)15-7-4-3-5-8-15/h3-5,7-10,13H,2,6,11-12,14H2,1H3,(H,23,25)(H,24,26). The zero-order valence-electron chi connectivity index (χ0n) is 15.3. The zero-order valence-corrected chi connectivity index (χ0v) is 15.3. The van der Waals surface area contributed by atoms with Crippen molar-refractivity contribution in [3.05, 3.63) is 59.9 Å². The van der Waals surface area contributed by atoms with Crippen LogP contribution in [0.2, 0.25) is 0 Å². The van der Waals surface area contributed by atoms with Gasteiger partial charge in [0.15, 0.2) is 11.6 Å². The number of carbonyl (C=O) groups is 2. The number of benzene rings is 2. The van der Waals surface area contributed by atoms with E-state index < -0.39 is 17.6 Å². The summed E-state index contributed by atoms with van der Waals surface area (Å²) in [7, 11) is 0. The van der Waals surface area contributed by atoms with E-state index in [0.29, 0.717) is 13.2 Å². The highest BCUT2D eigenvalue weighted by molar-refractivity contribution is 6.39. The minimum Gasteiger partial charge on any atom is -0.491 e. The molecule has 0 unspecified atom stereocenters. The predicted molar refractivity (Wildman–Crippen MR) is 101 cm³/mol. The van der Waals surface area contributed by atoms with Crippen molar-refractivity contribution in [3.8, 4) is 5.75 Å². The number of rotatable bonds is 6. The summed E-state index contributed by atoms with van der Waals surface area (Å²) in [5.74, 6) is -2.03. The summed E-state index contributed by atoms with van der Waals surface area (Å²) in [5.41, 5.74) is 1.27. The van der Waals surface area contributed by atoms with E-state index in [-0.39, 0.29) is 16.9 Å². The Bertz CT molecular complexity index is 819. The van der Waals surface area contributed by atoms with Gasteiger partial charge < -0.3 is 15.4 Å². The largest absolute Gasteiger partial charge is 0.491 e. The van der Waals surface area contributed by atoms with Gasteiger partial charge in [0, 0.05) is 23.7 Å². The van der Waals surface area contributed by atoms with Gasteiger partial charge in [-0.05, 0) is 37.5 Å². The summed E-state index contributed by atoms with van der Waals surface area (Å²) in [5, 5.41) is 5.14.